The quantitative estimate of drug-likeness (QED) is 0.822. The van der Waals surface area contributed by atoms with Gasteiger partial charge in [0.1, 0.15) is 5.82 Å². The van der Waals surface area contributed by atoms with Crippen LogP contribution in [0.15, 0.2) is 42.5 Å². The molecule has 0 aliphatic heterocycles. The summed E-state index contributed by atoms with van der Waals surface area (Å²) in [4.78, 5) is 23.0. The van der Waals surface area contributed by atoms with Crippen LogP contribution < -0.4 is 10.6 Å². The maximum atomic E-state index is 13.2. The van der Waals surface area contributed by atoms with E-state index in [-0.39, 0.29) is 18.0 Å². The number of halogens is 4. The predicted molar refractivity (Wildman–Crippen MR) is 83.3 cm³/mol. The number of nitrogens with one attached hydrogen (secondary N) is 2. The summed E-state index contributed by atoms with van der Waals surface area (Å²) in [5, 5.41) is 5.03. The molecule has 0 heterocycles. The molecule has 0 aliphatic rings. The van der Waals surface area contributed by atoms with Crippen molar-refractivity contribution < 1.29 is 27.2 Å². The summed E-state index contributed by atoms with van der Waals surface area (Å²) in [5.41, 5.74) is -0.627. The van der Waals surface area contributed by atoms with Crippen LogP contribution in [0.2, 0.25) is 0 Å². The highest BCUT2D eigenvalue weighted by atomic mass is 19.4. The predicted octanol–water partition coefficient (Wildman–Crippen LogP) is 3.73. The van der Waals surface area contributed by atoms with Crippen molar-refractivity contribution in [2.45, 2.75) is 19.6 Å². The van der Waals surface area contributed by atoms with Gasteiger partial charge in [-0.1, -0.05) is 12.1 Å². The van der Waals surface area contributed by atoms with Gasteiger partial charge in [-0.3, -0.25) is 9.59 Å². The molecule has 0 bridgehead atoms. The van der Waals surface area contributed by atoms with Gasteiger partial charge in [0.15, 0.2) is 0 Å². The summed E-state index contributed by atoms with van der Waals surface area (Å²) in [7, 11) is 0. The molecule has 0 fully saturated rings. The Morgan fingerprint density at radius 3 is 2.44 bits per heavy atom. The molecule has 0 saturated heterocycles. The van der Waals surface area contributed by atoms with E-state index in [0.29, 0.717) is 23.4 Å². The maximum Gasteiger partial charge on any atom is 0.419 e. The zero-order chi connectivity index (χ0) is 18.6. The first-order chi connectivity index (χ1) is 11.7. The van der Waals surface area contributed by atoms with Gasteiger partial charge in [0, 0.05) is 24.7 Å². The molecule has 2 N–H and O–H groups in total. The lowest BCUT2D eigenvalue weighted by Crippen LogP contribution is -2.23. The molecule has 2 aromatic rings. The lowest BCUT2D eigenvalue weighted by Gasteiger charge is -2.11. The van der Waals surface area contributed by atoms with E-state index >= 15 is 0 Å². The number of hydrogen-bond donors (Lipinski definition) is 2. The number of carbonyl (C=O) groups excluding carboxylic acids is 2. The van der Waals surface area contributed by atoms with Crippen LogP contribution in [0.5, 0.6) is 0 Å². The van der Waals surface area contributed by atoms with E-state index in [1.54, 1.807) is 24.3 Å². The van der Waals surface area contributed by atoms with Crippen LogP contribution in [0.3, 0.4) is 0 Å². The summed E-state index contributed by atoms with van der Waals surface area (Å²) in [6.07, 6.45) is -4.88. The first-order valence-corrected chi connectivity index (χ1v) is 7.18. The average molecular weight is 354 g/mol. The molecule has 0 radical (unpaired) electrons. The lowest BCUT2D eigenvalue weighted by atomic mass is 10.1. The van der Waals surface area contributed by atoms with E-state index in [4.69, 9.17) is 0 Å². The monoisotopic (exact) mass is 354 g/mol. The zero-order valence-electron chi connectivity index (χ0n) is 13.1. The number of hydrogen-bond acceptors (Lipinski definition) is 2. The second kappa shape index (κ2) is 7.33. The maximum absolute atomic E-state index is 13.2. The first-order valence-electron chi connectivity index (χ1n) is 7.18. The van der Waals surface area contributed by atoms with Crippen LogP contribution in [-0.4, -0.2) is 11.8 Å². The molecule has 2 aromatic carbocycles. The van der Waals surface area contributed by atoms with E-state index < -0.39 is 23.5 Å². The van der Waals surface area contributed by atoms with Gasteiger partial charge in [-0.25, -0.2) is 4.39 Å². The van der Waals surface area contributed by atoms with Crippen molar-refractivity contribution in [3.63, 3.8) is 0 Å². The Labute approximate surface area is 140 Å². The first kappa shape index (κ1) is 18.4. The fraction of sp³-hybridized carbons (Fsp3) is 0.176. The Kier molecular flexibility index (Phi) is 5.41. The van der Waals surface area contributed by atoms with Crippen molar-refractivity contribution in [2.75, 3.05) is 5.32 Å². The Morgan fingerprint density at radius 2 is 1.80 bits per heavy atom. The fourth-order valence-electron chi connectivity index (χ4n) is 2.13. The molecular formula is C17H14F4N2O2. The van der Waals surface area contributed by atoms with Crippen LogP contribution in [-0.2, 0) is 17.5 Å². The van der Waals surface area contributed by atoms with Crippen LogP contribution in [0.25, 0.3) is 0 Å². The molecule has 0 aromatic heterocycles. The summed E-state index contributed by atoms with van der Waals surface area (Å²) in [5.74, 6) is -2.46. The number of benzene rings is 2. The largest absolute Gasteiger partial charge is 0.419 e. The van der Waals surface area contributed by atoms with Crippen LogP contribution in [0, 0.1) is 5.82 Å². The van der Waals surface area contributed by atoms with E-state index in [0.717, 1.165) is 6.07 Å². The Hall–Kier alpha value is -2.90. The van der Waals surface area contributed by atoms with Crippen LogP contribution in [0.1, 0.15) is 28.4 Å². The number of amides is 2. The summed E-state index contributed by atoms with van der Waals surface area (Å²) >= 11 is 0. The van der Waals surface area contributed by atoms with Crippen molar-refractivity contribution in [1.29, 1.82) is 0 Å². The highest BCUT2D eigenvalue weighted by molar-refractivity contribution is 5.94. The SMILES string of the molecule is CC(=O)Nc1cccc(CNC(=O)c2ccc(F)c(C(F)(F)F)c2)c1. The van der Waals surface area contributed by atoms with Gasteiger partial charge in [0.2, 0.25) is 5.91 Å². The number of carbonyl (C=O) groups is 2. The van der Waals surface area contributed by atoms with Gasteiger partial charge in [-0.05, 0) is 35.9 Å². The fourth-order valence-corrected chi connectivity index (χ4v) is 2.13. The third-order valence-corrected chi connectivity index (χ3v) is 3.23. The molecule has 2 rings (SSSR count). The van der Waals surface area contributed by atoms with Crippen molar-refractivity contribution in [2.24, 2.45) is 0 Å². The Morgan fingerprint density at radius 1 is 1.08 bits per heavy atom. The van der Waals surface area contributed by atoms with Gasteiger partial charge in [-0.15, -0.1) is 0 Å². The normalized spacial score (nSPS) is 11.1. The molecule has 0 spiro atoms. The van der Waals surface area contributed by atoms with E-state index in [9.17, 15) is 27.2 Å². The lowest BCUT2D eigenvalue weighted by molar-refractivity contribution is -0.140. The zero-order valence-corrected chi connectivity index (χ0v) is 13.1. The molecule has 0 atom stereocenters. The molecule has 25 heavy (non-hydrogen) atoms. The van der Waals surface area contributed by atoms with Crippen molar-refractivity contribution in [3.8, 4) is 0 Å². The smallest absolute Gasteiger partial charge is 0.348 e. The van der Waals surface area contributed by atoms with Crippen molar-refractivity contribution in [3.05, 3.63) is 65.0 Å². The average Bonchev–Trinajstić information content (AvgIpc) is 2.51. The minimum absolute atomic E-state index is 0.0327. The standard InChI is InChI=1S/C17H14F4N2O2/c1-10(24)23-13-4-2-3-11(7-13)9-22-16(25)12-5-6-15(18)14(8-12)17(19,20)21/h2-8H,9H2,1H3,(H,22,25)(H,23,24). The molecule has 132 valence electrons. The molecule has 2 amide bonds. The van der Waals surface area contributed by atoms with Crippen molar-refractivity contribution in [1.82, 2.24) is 5.32 Å². The van der Waals surface area contributed by atoms with Gasteiger partial charge < -0.3 is 10.6 Å². The molecule has 8 heteroatoms. The summed E-state index contributed by atoms with van der Waals surface area (Å²) in [6.45, 7) is 1.38. The molecule has 0 saturated carbocycles. The second-order valence-electron chi connectivity index (χ2n) is 5.26. The van der Waals surface area contributed by atoms with Gasteiger partial charge in [0.25, 0.3) is 5.91 Å². The third-order valence-electron chi connectivity index (χ3n) is 3.23. The van der Waals surface area contributed by atoms with E-state index in [1.807, 2.05) is 0 Å². The summed E-state index contributed by atoms with van der Waals surface area (Å²) in [6, 6.07) is 8.67. The molecule has 4 nitrogen and oxygen atoms in total. The Balaban J connectivity index is 2.09. The number of anilines is 1. The number of rotatable bonds is 4. The van der Waals surface area contributed by atoms with Gasteiger partial charge in [-0.2, -0.15) is 13.2 Å². The molecule has 0 aliphatic carbocycles. The van der Waals surface area contributed by atoms with Crippen LogP contribution >= 0.6 is 0 Å². The topological polar surface area (TPSA) is 58.2 Å². The van der Waals surface area contributed by atoms with Gasteiger partial charge >= 0.3 is 6.18 Å². The minimum Gasteiger partial charge on any atom is -0.348 e. The highest BCUT2D eigenvalue weighted by Crippen LogP contribution is 2.31. The molecular weight excluding hydrogens is 340 g/mol. The van der Waals surface area contributed by atoms with E-state index in [1.165, 1.54) is 6.92 Å². The number of alkyl halides is 3. The third kappa shape index (κ3) is 5.03. The Bertz CT molecular complexity index is 803. The second-order valence-corrected chi connectivity index (χ2v) is 5.26. The summed E-state index contributed by atoms with van der Waals surface area (Å²) < 4.78 is 51.3. The van der Waals surface area contributed by atoms with E-state index in [2.05, 4.69) is 10.6 Å². The van der Waals surface area contributed by atoms with Gasteiger partial charge in [0.05, 0.1) is 5.56 Å². The minimum atomic E-state index is -4.88. The van der Waals surface area contributed by atoms with Crippen molar-refractivity contribution >= 4 is 17.5 Å². The highest BCUT2D eigenvalue weighted by Gasteiger charge is 2.34. The van der Waals surface area contributed by atoms with Crippen LogP contribution in [0.4, 0.5) is 23.2 Å². The molecule has 0 unspecified atom stereocenters.